The lowest BCUT2D eigenvalue weighted by atomic mass is 10.0. The number of nitrogens with zero attached hydrogens (tertiary/aromatic N) is 3. The van der Waals surface area contributed by atoms with Crippen molar-refractivity contribution in [3.63, 3.8) is 0 Å². The van der Waals surface area contributed by atoms with E-state index in [1.54, 1.807) is 41.3 Å². The zero-order chi connectivity index (χ0) is 24.9. The molecule has 0 aliphatic carbocycles. The van der Waals surface area contributed by atoms with Gasteiger partial charge in [-0.2, -0.15) is 0 Å². The van der Waals surface area contributed by atoms with Crippen LogP contribution in [0.2, 0.25) is 0 Å². The first-order chi connectivity index (χ1) is 16.8. The van der Waals surface area contributed by atoms with Gasteiger partial charge in [-0.15, -0.1) is 0 Å². The number of fused-ring (bicyclic) bond motifs is 1. The molecule has 9 nitrogen and oxygen atoms in total. The second-order valence-corrected chi connectivity index (χ2v) is 8.84. The fraction of sp³-hybridized carbons (Fsp3) is 0.346. The van der Waals surface area contributed by atoms with Gasteiger partial charge >= 0.3 is 0 Å². The van der Waals surface area contributed by atoms with E-state index in [-0.39, 0.29) is 30.7 Å². The first-order valence-electron chi connectivity index (χ1n) is 11.8. The van der Waals surface area contributed by atoms with Crippen molar-refractivity contribution in [1.29, 1.82) is 0 Å². The number of benzene rings is 2. The van der Waals surface area contributed by atoms with Crippen LogP contribution >= 0.6 is 0 Å². The molecule has 184 valence electrons. The van der Waals surface area contributed by atoms with Crippen LogP contribution in [0.3, 0.4) is 0 Å². The lowest BCUT2D eigenvalue weighted by Gasteiger charge is -2.22. The van der Waals surface area contributed by atoms with Crippen LogP contribution in [0.15, 0.2) is 53.0 Å². The number of aliphatic hydroxyl groups excluding tert-OH is 1. The summed E-state index contributed by atoms with van der Waals surface area (Å²) < 4.78 is 0. The average Bonchev–Trinajstić information content (AvgIpc) is 3.20. The number of hydroxylamine groups is 2. The quantitative estimate of drug-likeness (QED) is 0.415. The molecule has 4 rings (SSSR count). The van der Waals surface area contributed by atoms with Gasteiger partial charge in [-0.3, -0.25) is 14.4 Å². The third kappa shape index (κ3) is 5.87. The van der Waals surface area contributed by atoms with Crippen molar-refractivity contribution in [2.24, 2.45) is 10.7 Å². The van der Waals surface area contributed by atoms with E-state index >= 15 is 0 Å². The van der Waals surface area contributed by atoms with Gasteiger partial charge < -0.3 is 21.5 Å². The van der Waals surface area contributed by atoms with Crippen LogP contribution in [-0.2, 0) is 16.2 Å². The molecule has 2 amide bonds. The Labute approximate surface area is 204 Å². The Balaban J connectivity index is 1.53. The first kappa shape index (κ1) is 24.4. The molecule has 1 saturated heterocycles. The Bertz CT molecular complexity index is 1160. The number of nitrogen functional groups attached to an aromatic ring is 1. The van der Waals surface area contributed by atoms with Crippen molar-refractivity contribution in [2.75, 3.05) is 25.4 Å². The summed E-state index contributed by atoms with van der Waals surface area (Å²) in [5, 5.41) is 11.1. The van der Waals surface area contributed by atoms with Crippen LogP contribution in [0.4, 0.5) is 11.4 Å². The molecule has 0 spiro atoms. The lowest BCUT2D eigenvalue weighted by molar-refractivity contribution is -0.187. The van der Waals surface area contributed by atoms with Gasteiger partial charge in [-0.25, -0.2) is 10.1 Å². The maximum absolute atomic E-state index is 13.4. The molecular weight excluding hydrogens is 446 g/mol. The lowest BCUT2D eigenvalue weighted by Crippen LogP contribution is -2.34. The molecule has 5 N–H and O–H groups in total. The average molecular weight is 478 g/mol. The van der Waals surface area contributed by atoms with E-state index in [4.69, 9.17) is 16.3 Å². The molecule has 2 aliphatic heterocycles. The van der Waals surface area contributed by atoms with Gasteiger partial charge in [0, 0.05) is 48.4 Å². The van der Waals surface area contributed by atoms with Crippen LogP contribution in [0.1, 0.15) is 47.7 Å². The normalized spacial score (nSPS) is 17.3. The number of carbonyl (C=O) groups excluding carboxylic acids is 2. The number of likely N-dealkylation sites (tertiary alicyclic amines) is 1. The SMILES string of the molecule is CCCN(OCc1ccc(N)cc1)C(=O)C1=Cc2ccc(C(=O)N3CCC(O)C3)cc2N=C(N)C1. The van der Waals surface area contributed by atoms with Gasteiger partial charge in [0.1, 0.15) is 12.4 Å². The van der Waals surface area contributed by atoms with Crippen molar-refractivity contribution < 1.29 is 19.5 Å². The summed E-state index contributed by atoms with van der Waals surface area (Å²) >= 11 is 0. The van der Waals surface area contributed by atoms with Gasteiger partial charge in [0.05, 0.1) is 11.8 Å². The zero-order valence-corrected chi connectivity index (χ0v) is 19.8. The van der Waals surface area contributed by atoms with Crippen LogP contribution in [-0.4, -0.2) is 58.5 Å². The summed E-state index contributed by atoms with van der Waals surface area (Å²) in [6.45, 7) is 3.46. The summed E-state index contributed by atoms with van der Waals surface area (Å²) in [6, 6.07) is 12.5. The number of aliphatic hydroxyl groups is 1. The maximum Gasteiger partial charge on any atom is 0.273 e. The maximum atomic E-state index is 13.4. The van der Waals surface area contributed by atoms with Gasteiger partial charge in [-0.05, 0) is 48.7 Å². The summed E-state index contributed by atoms with van der Waals surface area (Å²) in [5.41, 5.74) is 15.6. The predicted molar refractivity (Wildman–Crippen MR) is 134 cm³/mol. The highest BCUT2D eigenvalue weighted by molar-refractivity contribution is 6.05. The molecule has 35 heavy (non-hydrogen) atoms. The molecule has 2 heterocycles. The molecule has 1 fully saturated rings. The Morgan fingerprint density at radius 1 is 1.20 bits per heavy atom. The van der Waals surface area contributed by atoms with E-state index in [0.29, 0.717) is 54.1 Å². The molecule has 1 unspecified atom stereocenters. The zero-order valence-electron chi connectivity index (χ0n) is 19.8. The standard InChI is InChI=1S/C26H31N5O4/c1-2-10-31(35-16-17-3-7-21(27)8-4-17)26(34)20-12-18-5-6-19(13-23(18)29-24(28)14-20)25(33)30-11-9-22(32)15-30/h3-8,12-13,22,32H,2,9-11,14-16,27H2,1H3,(H2,28,29). The van der Waals surface area contributed by atoms with Gasteiger partial charge in [-0.1, -0.05) is 25.1 Å². The Morgan fingerprint density at radius 2 is 1.97 bits per heavy atom. The number of β-amino-alcohol motifs (C(OH)–C–C–N with tert-alkyl or cyclic N) is 1. The number of nitrogens with two attached hydrogens (primary N) is 2. The van der Waals surface area contributed by atoms with Gasteiger partial charge in [0.15, 0.2) is 0 Å². The predicted octanol–water partition coefficient (Wildman–Crippen LogP) is 2.62. The number of rotatable bonds is 7. The first-order valence-corrected chi connectivity index (χ1v) is 11.8. The van der Waals surface area contributed by atoms with Gasteiger partial charge in [0.25, 0.3) is 11.8 Å². The van der Waals surface area contributed by atoms with E-state index < -0.39 is 6.10 Å². The molecule has 0 bridgehead atoms. The highest BCUT2D eigenvalue weighted by Gasteiger charge is 2.27. The monoisotopic (exact) mass is 477 g/mol. The van der Waals surface area contributed by atoms with Crippen molar-refractivity contribution in [3.05, 3.63) is 64.7 Å². The topological polar surface area (TPSA) is 134 Å². The van der Waals surface area contributed by atoms with E-state index in [1.807, 2.05) is 19.1 Å². The Hall–Kier alpha value is -3.69. The van der Waals surface area contributed by atoms with E-state index in [9.17, 15) is 14.7 Å². The molecule has 2 aliphatic rings. The number of hydrogen-bond acceptors (Lipinski definition) is 7. The minimum atomic E-state index is -0.488. The van der Waals surface area contributed by atoms with Crippen molar-refractivity contribution in [2.45, 2.75) is 38.9 Å². The third-order valence-corrected chi connectivity index (χ3v) is 5.99. The minimum absolute atomic E-state index is 0.159. The largest absolute Gasteiger partial charge is 0.399 e. The Morgan fingerprint density at radius 3 is 2.66 bits per heavy atom. The highest BCUT2D eigenvalue weighted by atomic mass is 16.7. The van der Waals surface area contributed by atoms with E-state index in [1.165, 1.54) is 5.06 Å². The van der Waals surface area contributed by atoms with Crippen LogP contribution in [0, 0.1) is 0 Å². The summed E-state index contributed by atoms with van der Waals surface area (Å²) in [6.07, 6.45) is 2.73. The molecule has 1 atom stereocenters. The number of amidine groups is 1. The molecule has 0 aromatic heterocycles. The fourth-order valence-corrected chi connectivity index (χ4v) is 4.12. The number of amides is 2. The third-order valence-electron chi connectivity index (χ3n) is 5.99. The van der Waals surface area contributed by atoms with E-state index in [0.717, 1.165) is 12.0 Å². The smallest absolute Gasteiger partial charge is 0.273 e. The fourth-order valence-electron chi connectivity index (χ4n) is 4.12. The van der Waals surface area contributed by atoms with Crippen LogP contribution in [0.5, 0.6) is 0 Å². The second-order valence-electron chi connectivity index (χ2n) is 8.84. The van der Waals surface area contributed by atoms with Crippen LogP contribution in [0.25, 0.3) is 6.08 Å². The molecule has 2 aromatic carbocycles. The van der Waals surface area contributed by atoms with Crippen molar-refractivity contribution in [3.8, 4) is 0 Å². The van der Waals surface area contributed by atoms with E-state index in [2.05, 4.69) is 4.99 Å². The van der Waals surface area contributed by atoms with Gasteiger partial charge in [0.2, 0.25) is 0 Å². The molecule has 9 heteroatoms. The molecular formula is C26H31N5O4. The van der Waals surface area contributed by atoms with Crippen molar-refractivity contribution >= 4 is 35.1 Å². The Kier molecular flexibility index (Phi) is 7.48. The number of anilines is 1. The highest BCUT2D eigenvalue weighted by Crippen LogP contribution is 2.29. The van der Waals surface area contributed by atoms with Crippen LogP contribution < -0.4 is 11.5 Å². The molecule has 0 radical (unpaired) electrons. The minimum Gasteiger partial charge on any atom is -0.399 e. The van der Waals surface area contributed by atoms with Crippen molar-refractivity contribution in [1.82, 2.24) is 9.96 Å². The molecule has 0 saturated carbocycles. The number of aliphatic imine (C=N–C) groups is 1. The number of hydrogen-bond donors (Lipinski definition) is 3. The number of carbonyl (C=O) groups is 2. The second kappa shape index (κ2) is 10.7. The summed E-state index contributed by atoms with van der Waals surface area (Å²) in [7, 11) is 0. The summed E-state index contributed by atoms with van der Waals surface area (Å²) in [5.74, 6) is -0.160. The summed E-state index contributed by atoms with van der Waals surface area (Å²) in [4.78, 5) is 38.1. The molecule has 2 aromatic rings.